The summed E-state index contributed by atoms with van der Waals surface area (Å²) in [4.78, 5) is 30.8. The fourth-order valence-electron chi connectivity index (χ4n) is 1.40. The van der Waals surface area contributed by atoms with Gasteiger partial charge in [0.25, 0.3) is 0 Å². The van der Waals surface area contributed by atoms with Crippen molar-refractivity contribution in [2.75, 3.05) is 13.2 Å². The van der Waals surface area contributed by atoms with E-state index >= 15 is 0 Å². The second-order valence-electron chi connectivity index (χ2n) is 3.50. The van der Waals surface area contributed by atoms with Gasteiger partial charge in [0, 0.05) is 6.54 Å². The first-order valence-electron chi connectivity index (χ1n) is 5.12. The molecule has 0 aliphatic carbocycles. The Balaban J connectivity index is 3.03. The minimum atomic E-state index is -0.979. The topological polar surface area (TPSA) is 153 Å². The van der Waals surface area contributed by atoms with Crippen molar-refractivity contribution in [1.82, 2.24) is 15.1 Å². The number of carbonyl (C=O) groups excluding carboxylic acids is 1. The van der Waals surface area contributed by atoms with Crippen LogP contribution in [0.5, 0.6) is 0 Å². The molecule has 11 heteroatoms. The Labute approximate surface area is 106 Å². The van der Waals surface area contributed by atoms with Gasteiger partial charge in [-0.15, -0.1) is 0 Å². The molecule has 104 valence electrons. The standard InChI is InChI=1S/C8H11N5O6/c1-5-7(12(16)17)8(13(18)19)10-11(5)4-6(15)9-2-3-14/h14H,2-4H2,1H3,(H,9,15). The minimum Gasteiger partial charge on any atom is -0.395 e. The molecule has 1 heterocycles. The van der Waals surface area contributed by atoms with Crippen molar-refractivity contribution in [3.63, 3.8) is 0 Å². The Morgan fingerprint density at radius 3 is 2.47 bits per heavy atom. The lowest BCUT2D eigenvalue weighted by molar-refractivity contribution is -0.424. The second-order valence-corrected chi connectivity index (χ2v) is 3.50. The second kappa shape index (κ2) is 5.86. The van der Waals surface area contributed by atoms with E-state index < -0.39 is 33.8 Å². The average Bonchev–Trinajstić information content (AvgIpc) is 2.64. The zero-order chi connectivity index (χ0) is 14.6. The molecule has 0 aromatic carbocycles. The number of hydrogen-bond donors (Lipinski definition) is 2. The van der Waals surface area contributed by atoms with Crippen LogP contribution in [-0.2, 0) is 11.3 Å². The number of hydrogen-bond acceptors (Lipinski definition) is 7. The third kappa shape index (κ3) is 3.22. The van der Waals surface area contributed by atoms with Gasteiger partial charge < -0.3 is 20.5 Å². The Hall–Kier alpha value is -2.56. The number of carbonyl (C=O) groups is 1. The molecule has 0 unspecified atom stereocenters. The predicted octanol–water partition coefficient (Wildman–Crippen LogP) is -0.884. The van der Waals surface area contributed by atoms with Crippen LogP contribution < -0.4 is 5.32 Å². The van der Waals surface area contributed by atoms with Crippen LogP contribution in [0.15, 0.2) is 0 Å². The fraction of sp³-hybridized carbons (Fsp3) is 0.500. The van der Waals surface area contributed by atoms with Gasteiger partial charge in [-0.2, -0.15) is 4.68 Å². The summed E-state index contributed by atoms with van der Waals surface area (Å²) >= 11 is 0. The van der Waals surface area contributed by atoms with Crippen LogP contribution in [0.2, 0.25) is 0 Å². The fourth-order valence-corrected chi connectivity index (χ4v) is 1.40. The Kier molecular flexibility index (Phi) is 4.47. The van der Waals surface area contributed by atoms with Gasteiger partial charge in [-0.1, -0.05) is 0 Å². The smallest absolute Gasteiger partial charge is 0.395 e. The summed E-state index contributed by atoms with van der Waals surface area (Å²) in [6, 6.07) is 0. The van der Waals surface area contributed by atoms with Gasteiger partial charge >= 0.3 is 11.5 Å². The molecule has 0 atom stereocenters. The van der Waals surface area contributed by atoms with Gasteiger partial charge in [0.1, 0.15) is 12.2 Å². The summed E-state index contributed by atoms with van der Waals surface area (Å²) in [6.45, 7) is 0.616. The molecular weight excluding hydrogens is 262 g/mol. The number of aliphatic hydroxyl groups excluding tert-OH is 1. The normalized spacial score (nSPS) is 10.2. The first-order valence-corrected chi connectivity index (χ1v) is 5.12. The zero-order valence-corrected chi connectivity index (χ0v) is 9.90. The van der Waals surface area contributed by atoms with Crippen molar-refractivity contribution in [3.05, 3.63) is 25.9 Å². The van der Waals surface area contributed by atoms with E-state index in [9.17, 15) is 25.0 Å². The summed E-state index contributed by atoms with van der Waals surface area (Å²) in [5.74, 6) is -1.47. The van der Waals surface area contributed by atoms with E-state index in [1.54, 1.807) is 0 Å². The molecule has 0 spiro atoms. The molecular formula is C8H11N5O6. The maximum atomic E-state index is 11.4. The highest BCUT2D eigenvalue weighted by molar-refractivity contribution is 5.76. The average molecular weight is 273 g/mol. The molecule has 11 nitrogen and oxygen atoms in total. The minimum absolute atomic E-state index is 0.0172. The maximum absolute atomic E-state index is 11.4. The number of nitrogens with one attached hydrogen (secondary N) is 1. The van der Waals surface area contributed by atoms with E-state index in [0.29, 0.717) is 0 Å². The van der Waals surface area contributed by atoms with Crippen LogP contribution in [0.4, 0.5) is 11.5 Å². The van der Waals surface area contributed by atoms with Crippen LogP contribution in [0, 0.1) is 27.2 Å². The number of nitrogens with zero attached hydrogens (tertiary/aromatic N) is 4. The van der Waals surface area contributed by atoms with Crippen molar-refractivity contribution < 1.29 is 19.7 Å². The molecule has 1 aromatic heterocycles. The van der Waals surface area contributed by atoms with Crippen LogP contribution in [0.3, 0.4) is 0 Å². The van der Waals surface area contributed by atoms with Crippen molar-refractivity contribution in [1.29, 1.82) is 0 Å². The molecule has 2 N–H and O–H groups in total. The quantitative estimate of drug-likeness (QED) is 0.503. The SMILES string of the molecule is Cc1c([N+](=O)[O-])c([N+](=O)[O-])nn1CC(=O)NCCO. The van der Waals surface area contributed by atoms with Gasteiger partial charge in [-0.25, -0.2) is 0 Å². The molecule has 1 rings (SSSR count). The summed E-state index contributed by atoms with van der Waals surface area (Å²) in [5, 5.41) is 35.6. The highest BCUT2D eigenvalue weighted by atomic mass is 16.6. The first kappa shape index (κ1) is 14.5. The molecule has 0 fully saturated rings. The third-order valence-electron chi connectivity index (χ3n) is 2.24. The van der Waals surface area contributed by atoms with Crippen molar-refractivity contribution >= 4 is 17.4 Å². The van der Waals surface area contributed by atoms with E-state index in [1.165, 1.54) is 6.92 Å². The lowest BCUT2D eigenvalue weighted by Gasteiger charge is -2.01. The number of rotatable bonds is 6. The predicted molar refractivity (Wildman–Crippen MR) is 60.4 cm³/mol. The van der Waals surface area contributed by atoms with E-state index in [0.717, 1.165) is 4.68 Å². The van der Waals surface area contributed by atoms with Crippen LogP contribution in [0.25, 0.3) is 0 Å². The Bertz CT molecular complexity index is 524. The third-order valence-corrected chi connectivity index (χ3v) is 2.24. The monoisotopic (exact) mass is 273 g/mol. The van der Waals surface area contributed by atoms with E-state index in [2.05, 4.69) is 10.4 Å². The number of nitro groups is 2. The van der Waals surface area contributed by atoms with Crippen LogP contribution >= 0.6 is 0 Å². The molecule has 19 heavy (non-hydrogen) atoms. The molecule has 1 aromatic rings. The Morgan fingerprint density at radius 2 is 2.05 bits per heavy atom. The van der Waals surface area contributed by atoms with Gasteiger partial charge in [0.15, 0.2) is 0 Å². The van der Waals surface area contributed by atoms with E-state index in [-0.39, 0.29) is 18.8 Å². The largest absolute Gasteiger partial charge is 0.468 e. The number of aromatic nitrogens is 2. The molecule has 0 aliphatic rings. The summed E-state index contributed by atoms with van der Waals surface area (Å²) in [6.07, 6.45) is 0. The highest BCUT2D eigenvalue weighted by Gasteiger charge is 2.35. The molecule has 0 saturated heterocycles. The van der Waals surface area contributed by atoms with Crippen LogP contribution in [-0.4, -0.2) is 43.8 Å². The zero-order valence-electron chi connectivity index (χ0n) is 9.90. The summed E-state index contributed by atoms with van der Waals surface area (Å²) in [7, 11) is 0. The molecule has 0 radical (unpaired) electrons. The lowest BCUT2D eigenvalue weighted by Crippen LogP contribution is -2.30. The van der Waals surface area contributed by atoms with Crippen LogP contribution in [0.1, 0.15) is 5.69 Å². The van der Waals surface area contributed by atoms with Gasteiger partial charge in [0.05, 0.1) is 16.6 Å². The van der Waals surface area contributed by atoms with Crippen molar-refractivity contribution in [2.24, 2.45) is 0 Å². The van der Waals surface area contributed by atoms with Gasteiger partial charge in [-0.05, 0) is 11.8 Å². The summed E-state index contributed by atoms with van der Waals surface area (Å²) in [5.41, 5.74) is -0.823. The number of aliphatic hydroxyl groups is 1. The lowest BCUT2D eigenvalue weighted by atomic mass is 10.4. The highest BCUT2D eigenvalue weighted by Crippen LogP contribution is 2.28. The Morgan fingerprint density at radius 1 is 1.42 bits per heavy atom. The van der Waals surface area contributed by atoms with E-state index in [1.807, 2.05) is 0 Å². The first-order chi connectivity index (χ1) is 8.88. The van der Waals surface area contributed by atoms with Crippen molar-refractivity contribution in [3.8, 4) is 0 Å². The maximum Gasteiger partial charge on any atom is 0.468 e. The molecule has 0 aliphatic heterocycles. The molecule has 0 bridgehead atoms. The van der Waals surface area contributed by atoms with Gasteiger partial charge in [0.2, 0.25) is 5.91 Å². The van der Waals surface area contributed by atoms with Gasteiger partial charge in [-0.3, -0.25) is 14.9 Å². The van der Waals surface area contributed by atoms with E-state index in [4.69, 9.17) is 5.11 Å². The van der Waals surface area contributed by atoms with Crippen molar-refractivity contribution in [2.45, 2.75) is 13.5 Å². The molecule has 0 saturated carbocycles. The summed E-state index contributed by atoms with van der Waals surface area (Å²) < 4.78 is 0.878. The number of amides is 1. The molecule has 1 amide bonds.